The second kappa shape index (κ2) is 9.89. The number of aryl methyl sites for hydroxylation is 1. The molecule has 0 saturated carbocycles. The number of hydrogen-bond donors (Lipinski definition) is 0. The Morgan fingerprint density at radius 1 is 0.711 bits per heavy atom. The monoisotopic (exact) mass is 671 g/mol. The van der Waals surface area contributed by atoms with Gasteiger partial charge in [-0.3, -0.25) is 0 Å². The van der Waals surface area contributed by atoms with Crippen LogP contribution < -0.4 is 9.47 Å². The van der Waals surface area contributed by atoms with Crippen LogP contribution in [0.3, 0.4) is 0 Å². The zero-order valence-corrected chi connectivity index (χ0v) is 22.6. The molecule has 0 unspecified atom stereocenters. The van der Waals surface area contributed by atoms with Gasteiger partial charge in [-0.15, -0.1) is 41.0 Å². The van der Waals surface area contributed by atoms with Gasteiger partial charge in [0.25, 0.3) is 0 Å². The van der Waals surface area contributed by atoms with Gasteiger partial charge in [-0.25, -0.2) is 0 Å². The molecule has 6 aromatic rings. The van der Waals surface area contributed by atoms with E-state index in [1.807, 2.05) is 79.9 Å². The molecule has 38 heavy (non-hydrogen) atoms. The summed E-state index contributed by atoms with van der Waals surface area (Å²) in [5.74, 6) is 2.74. The average Bonchev–Trinajstić information content (AvgIpc) is 2.93. The Labute approximate surface area is 235 Å². The van der Waals surface area contributed by atoms with Crippen molar-refractivity contribution in [1.29, 1.82) is 0 Å². The van der Waals surface area contributed by atoms with E-state index in [-0.39, 0.29) is 21.1 Å². The van der Waals surface area contributed by atoms with Gasteiger partial charge < -0.3 is 19.4 Å². The van der Waals surface area contributed by atoms with E-state index in [0.29, 0.717) is 11.5 Å². The summed E-state index contributed by atoms with van der Waals surface area (Å²) >= 11 is 0. The van der Waals surface area contributed by atoms with E-state index < -0.39 is 0 Å². The van der Waals surface area contributed by atoms with Gasteiger partial charge in [0.15, 0.2) is 0 Å². The maximum absolute atomic E-state index is 6.46. The van der Waals surface area contributed by atoms with Crippen molar-refractivity contribution >= 4 is 10.8 Å². The Kier molecular flexibility index (Phi) is 6.27. The molecule has 0 radical (unpaired) electrons. The maximum atomic E-state index is 6.46. The summed E-state index contributed by atoms with van der Waals surface area (Å²) in [5.41, 5.74) is 6.43. The Balaban J connectivity index is 0.00000264. The van der Waals surface area contributed by atoms with Crippen LogP contribution in [0.4, 0.5) is 0 Å². The molecule has 0 aliphatic carbocycles. The summed E-state index contributed by atoms with van der Waals surface area (Å²) in [6, 6.07) is 36.8. The van der Waals surface area contributed by atoms with E-state index in [1.165, 1.54) is 0 Å². The quantitative estimate of drug-likeness (QED) is 0.176. The maximum Gasteiger partial charge on any atom is 2.00 e. The molecular formula is C33H20N2O2Pt. The third kappa shape index (κ3) is 4.27. The number of rotatable bonds is 4. The summed E-state index contributed by atoms with van der Waals surface area (Å²) in [6.45, 7) is 2.03. The van der Waals surface area contributed by atoms with Crippen LogP contribution in [0, 0.1) is 19.1 Å². The second-order valence-electron chi connectivity index (χ2n) is 8.98. The van der Waals surface area contributed by atoms with Gasteiger partial charge >= 0.3 is 21.1 Å². The minimum Gasteiger partial charge on any atom is -0.497 e. The Bertz CT molecular complexity index is 1800. The first-order chi connectivity index (χ1) is 18.2. The van der Waals surface area contributed by atoms with Crippen LogP contribution >= 0.6 is 0 Å². The first-order valence-corrected chi connectivity index (χ1v) is 12.1. The third-order valence-electron chi connectivity index (χ3n) is 6.45. The Morgan fingerprint density at radius 2 is 1.55 bits per heavy atom. The number of benzene rings is 4. The van der Waals surface area contributed by atoms with E-state index in [1.54, 1.807) is 6.20 Å². The topological polar surface area (TPSA) is 44.2 Å². The van der Waals surface area contributed by atoms with Crippen LogP contribution in [0.2, 0.25) is 0 Å². The fourth-order valence-electron chi connectivity index (χ4n) is 4.84. The zero-order valence-electron chi connectivity index (χ0n) is 20.3. The number of nitrogens with zero attached hydrogens (tertiary/aromatic N) is 2. The molecule has 0 amide bonds. The van der Waals surface area contributed by atoms with E-state index in [0.717, 1.165) is 61.5 Å². The zero-order chi connectivity index (χ0) is 24.8. The van der Waals surface area contributed by atoms with Gasteiger partial charge in [0, 0.05) is 40.5 Å². The van der Waals surface area contributed by atoms with E-state index in [2.05, 4.69) is 41.4 Å². The SMILES string of the molecule is Cc1cc(Oc2[c-]c(-c3ccccn3)ccc2)[c-]c(-c2nccc3c2Oc2cccc4cccc-3c24)c1.[Pt+2]. The first-order valence-electron chi connectivity index (χ1n) is 12.1. The third-order valence-corrected chi connectivity index (χ3v) is 6.45. The van der Waals surface area contributed by atoms with Crippen molar-refractivity contribution in [3.05, 3.63) is 121 Å². The molecular weight excluding hydrogens is 651 g/mol. The van der Waals surface area contributed by atoms with Crippen LogP contribution in [-0.4, -0.2) is 9.97 Å². The molecule has 0 atom stereocenters. The van der Waals surface area contributed by atoms with Crippen molar-refractivity contribution in [1.82, 2.24) is 9.97 Å². The van der Waals surface area contributed by atoms with Crippen LogP contribution in [0.1, 0.15) is 5.56 Å². The van der Waals surface area contributed by atoms with Crippen molar-refractivity contribution < 1.29 is 30.5 Å². The average molecular weight is 672 g/mol. The summed E-state index contributed by atoms with van der Waals surface area (Å²) in [4.78, 5) is 9.13. The fourth-order valence-corrected chi connectivity index (χ4v) is 4.84. The van der Waals surface area contributed by atoms with Crippen molar-refractivity contribution in [2.75, 3.05) is 0 Å². The van der Waals surface area contributed by atoms with E-state index in [9.17, 15) is 0 Å². The van der Waals surface area contributed by atoms with Crippen molar-refractivity contribution in [2.45, 2.75) is 6.92 Å². The molecule has 1 aliphatic rings. The number of pyridine rings is 2. The van der Waals surface area contributed by atoms with Crippen LogP contribution in [0.5, 0.6) is 23.0 Å². The normalized spacial score (nSPS) is 11.3. The number of fused-ring (bicyclic) bond motifs is 2. The molecule has 4 aromatic carbocycles. The van der Waals surface area contributed by atoms with E-state index in [4.69, 9.17) is 14.5 Å². The largest absolute Gasteiger partial charge is 2.00 e. The first kappa shape index (κ1) is 24.1. The summed E-state index contributed by atoms with van der Waals surface area (Å²) in [7, 11) is 0. The van der Waals surface area contributed by atoms with Gasteiger partial charge in [-0.2, -0.15) is 0 Å². The minimum absolute atomic E-state index is 0. The molecule has 4 nitrogen and oxygen atoms in total. The Hall–Kier alpha value is -4.27. The molecule has 184 valence electrons. The molecule has 2 aromatic heterocycles. The predicted molar refractivity (Wildman–Crippen MR) is 145 cm³/mol. The molecule has 0 bridgehead atoms. The molecule has 0 N–H and O–H groups in total. The van der Waals surface area contributed by atoms with Crippen molar-refractivity contribution in [3.63, 3.8) is 0 Å². The van der Waals surface area contributed by atoms with E-state index >= 15 is 0 Å². The second-order valence-corrected chi connectivity index (χ2v) is 8.98. The van der Waals surface area contributed by atoms with Crippen LogP contribution in [-0.2, 0) is 21.1 Å². The molecule has 3 heterocycles. The van der Waals surface area contributed by atoms with Gasteiger partial charge in [0.2, 0.25) is 0 Å². The van der Waals surface area contributed by atoms with Gasteiger partial charge in [-0.1, -0.05) is 67.6 Å². The van der Waals surface area contributed by atoms with Gasteiger partial charge in [0.1, 0.15) is 11.5 Å². The van der Waals surface area contributed by atoms with Crippen molar-refractivity contribution in [2.24, 2.45) is 0 Å². The summed E-state index contributed by atoms with van der Waals surface area (Å²) < 4.78 is 12.7. The van der Waals surface area contributed by atoms with Crippen LogP contribution in [0.15, 0.2) is 103 Å². The molecule has 0 spiro atoms. The Morgan fingerprint density at radius 3 is 2.42 bits per heavy atom. The van der Waals surface area contributed by atoms with Gasteiger partial charge in [-0.05, 0) is 34.8 Å². The number of ether oxygens (including phenoxy) is 2. The fraction of sp³-hybridized carbons (Fsp3) is 0.0303. The smallest absolute Gasteiger partial charge is 0.497 e. The molecule has 5 heteroatoms. The van der Waals surface area contributed by atoms with Crippen molar-refractivity contribution in [3.8, 4) is 56.6 Å². The predicted octanol–water partition coefficient (Wildman–Crippen LogP) is 8.44. The molecule has 7 rings (SSSR count). The molecule has 0 fully saturated rings. The minimum atomic E-state index is 0. The standard InChI is InChI=1S/C33H20N2O2.Pt/c1-21-17-24(20-26(18-21)36-25-10-4-9-23(19-25)29-12-2-3-15-34-29)32-33-28(14-16-35-32)27-11-5-7-22-8-6-13-30(37-33)31(22)27;/h2-18H,1H3;/q-2;+2. The van der Waals surface area contributed by atoms with Crippen LogP contribution in [0.25, 0.3) is 44.4 Å². The molecule has 0 saturated heterocycles. The molecule has 1 aliphatic heterocycles. The number of aromatic nitrogens is 2. The van der Waals surface area contributed by atoms with Gasteiger partial charge in [0.05, 0.1) is 0 Å². The summed E-state index contributed by atoms with van der Waals surface area (Å²) in [6.07, 6.45) is 3.59. The number of hydrogen-bond acceptors (Lipinski definition) is 4. The summed E-state index contributed by atoms with van der Waals surface area (Å²) in [5, 5.41) is 2.27.